The zero-order valence-corrected chi connectivity index (χ0v) is 19.7. The Morgan fingerprint density at radius 2 is 2.18 bits per heavy atom. The molecule has 34 heavy (non-hydrogen) atoms. The van der Waals surface area contributed by atoms with Crippen molar-refractivity contribution in [3.63, 3.8) is 0 Å². The maximum Gasteiger partial charge on any atom is 0.242 e. The van der Waals surface area contributed by atoms with Crippen LogP contribution in [0.1, 0.15) is 30.6 Å². The van der Waals surface area contributed by atoms with Crippen molar-refractivity contribution in [1.29, 1.82) is 0 Å². The monoisotopic (exact) mass is 508 g/mol. The van der Waals surface area contributed by atoms with Gasteiger partial charge in [0.2, 0.25) is 11.7 Å². The van der Waals surface area contributed by atoms with Gasteiger partial charge in [-0.05, 0) is 31.1 Å². The minimum atomic E-state index is -0.932. The first-order valence-electron chi connectivity index (χ1n) is 10.5. The number of nitrogens with zero attached hydrogens (tertiary/aromatic N) is 2. The van der Waals surface area contributed by atoms with Gasteiger partial charge in [-0.25, -0.2) is 9.37 Å². The van der Waals surface area contributed by atoms with Crippen LogP contribution in [0.5, 0.6) is 5.75 Å². The summed E-state index contributed by atoms with van der Waals surface area (Å²) < 4.78 is 25.8. The number of nitrogen functional groups attached to an aromatic ring is 1. The van der Waals surface area contributed by atoms with Gasteiger partial charge in [-0.1, -0.05) is 29.3 Å². The number of halogens is 3. The Balaban J connectivity index is 1.63. The van der Waals surface area contributed by atoms with Gasteiger partial charge in [0.1, 0.15) is 18.0 Å². The summed E-state index contributed by atoms with van der Waals surface area (Å²) in [6.07, 6.45) is 4.88. The smallest absolute Gasteiger partial charge is 0.242 e. The lowest BCUT2D eigenvalue weighted by Gasteiger charge is -2.28. The molecule has 0 unspecified atom stereocenters. The Morgan fingerprint density at radius 3 is 2.85 bits per heavy atom. The van der Waals surface area contributed by atoms with E-state index < -0.39 is 24.6 Å². The molecule has 1 aliphatic heterocycles. The predicted molar refractivity (Wildman–Crippen MR) is 128 cm³/mol. The molecular formula is C23H23Cl2FN4O4. The van der Waals surface area contributed by atoms with Crippen LogP contribution < -0.4 is 16.2 Å². The predicted octanol–water partition coefficient (Wildman–Crippen LogP) is 3.93. The molecule has 2 aromatic heterocycles. The number of hydrogen-bond donors (Lipinski definition) is 3. The molecule has 5 N–H and O–H groups in total. The molecule has 1 amide bonds. The number of benzene rings is 1. The molecular weight excluding hydrogens is 486 g/mol. The first kappa shape index (κ1) is 24.3. The van der Waals surface area contributed by atoms with Crippen molar-refractivity contribution in [2.75, 3.05) is 25.4 Å². The minimum absolute atomic E-state index is 0.0938. The number of furan rings is 1. The number of carbonyl (C=O) groups excluding carboxylic acids is 1. The molecule has 4 rings (SSSR count). The average Bonchev–Trinajstić information content (AvgIpc) is 3.27. The zero-order valence-electron chi connectivity index (χ0n) is 18.2. The fourth-order valence-corrected chi connectivity index (χ4v) is 4.60. The normalized spacial score (nSPS) is 15.8. The number of aliphatic hydroxyl groups excluding tert-OH is 1. The molecule has 0 saturated heterocycles. The highest BCUT2D eigenvalue weighted by molar-refractivity contribution is 6.36. The lowest BCUT2D eigenvalue weighted by atomic mass is 9.99. The highest BCUT2D eigenvalue weighted by atomic mass is 35.5. The van der Waals surface area contributed by atoms with Crippen molar-refractivity contribution in [1.82, 2.24) is 9.88 Å². The molecule has 0 radical (unpaired) electrons. The molecule has 3 heterocycles. The lowest BCUT2D eigenvalue weighted by molar-refractivity contribution is -0.133. The molecule has 8 nitrogen and oxygen atoms in total. The van der Waals surface area contributed by atoms with E-state index in [1.807, 2.05) is 6.08 Å². The van der Waals surface area contributed by atoms with Crippen LogP contribution in [-0.2, 0) is 4.79 Å². The number of ether oxygens (including phenoxy) is 1. The Hall–Kier alpha value is -2.85. The van der Waals surface area contributed by atoms with E-state index in [-0.39, 0.29) is 33.1 Å². The number of pyridine rings is 1. The number of anilines is 1. The van der Waals surface area contributed by atoms with Crippen LogP contribution in [0.4, 0.5) is 10.2 Å². The molecule has 3 aromatic rings. The van der Waals surface area contributed by atoms with Crippen molar-refractivity contribution < 1.29 is 23.4 Å². The van der Waals surface area contributed by atoms with E-state index in [0.717, 1.165) is 11.1 Å². The maximum absolute atomic E-state index is 14.0. The van der Waals surface area contributed by atoms with Crippen molar-refractivity contribution >= 4 is 51.5 Å². The Kier molecular flexibility index (Phi) is 6.99. The molecule has 0 aliphatic carbocycles. The summed E-state index contributed by atoms with van der Waals surface area (Å²) in [5.74, 6) is -0.632. The number of carbonyl (C=O) groups is 1. The Labute approximate surface area is 204 Å². The quantitative estimate of drug-likeness (QED) is 0.430. The number of nitrogens with two attached hydrogens (primary N) is 2. The van der Waals surface area contributed by atoms with Crippen LogP contribution in [0.3, 0.4) is 0 Å². The van der Waals surface area contributed by atoms with Crippen molar-refractivity contribution in [3.8, 4) is 5.75 Å². The Morgan fingerprint density at radius 1 is 1.41 bits per heavy atom. The van der Waals surface area contributed by atoms with Crippen LogP contribution in [0.15, 0.2) is 35.1 Å². The SMILES string of the molecule is C[C@@H](Oc1c(N)ncc2c(C3=CCN(C(=O)[C@H](N)CO)CC3)coc12)c1c(Cl)ccc(F)c1Cl. The van der Waals surface area contributed by atoms with Gasteiger partial charge < -0.3 is 30.6 Å². The van der Waals surface area contributed by atoms with Crippen LogP contribution in [-0.4, -0.2) is 46.6 Å². The summed E-state index contributed by atoms with van der Waals surface area (Å²) in [6, 6.07) is 1.65. The number of fused-ring (bicyclic) bond motifs is 1. The van der Waals surface area contributed by atoms with Crippen molar-refractivity contribution in [2.24, 2.45) is 5.73 Å². The van der Waals surface area contributed by atoms with Crippen molar-refractivity contribution in [3.05, 3.63) is 57.7 Å². The third kappa shape index (κ3) is 4.44. The van der Waals surface area contributed by atoms with Crippen LogP contribution in [0, 0.1) is 5.82 Å². The summed E-state index contributed by atoms with van der Waals surface area (Å²) in [5, 5.41) is 9.91. The molecule has 11 heteroatoms. The van der Waals surface area contributed by atoms with E-state index in [1.54, 1.807) is 24.3 Å². The number of hydrogen-bond acceptors (Lipinski definition) is 7. The summed E-state index contributed by atoms with van der Waals surface area (Å²) in [5.41, 5.74) is 14.1. The maximum atomic E-state index is 14.0. The van der Waals surface area contributed by atoms with E-state index in [2.05, 4.69) is 4.98 Å². The first-order valence-corrected chi connectivity index (χ1v) is 11.3. The van der Waals surface area contributed by atoms with Gasteiger partial charge in [0.05, 0.1) is 23.3 Å². The molecule has 0 saturated carbocycles. The second kappa shape index (κ2) is 9.79. The van der Waals surface area contributed by atoms with E-state index >= 15 is 0 Å². The van der Waals surface area contributed by atoms with Crippen molar-refractivity contribution in [2.45, 2.75) is 25.5 Å². The van der Waals surface area contributed by atoms with Gasteiger partial charge in [-0.2, -0.15) is 0 Å². The van der Waals surface area contributed by atoms with Gasteiger partial charge >= 0.3 is 0 Å². The second-order valence-corrected chi connectivity index (χ2v) is 8.72. The molecule has 1 aromatic carbocycles. The Bertz CT molecular complexity index is 1280. The number of aromatic nitrogens is 1. The average molecular weight is 509 g/mol. The fraction of sp³-hybridized carbons (Fsp3) is 0.304. The molecule has 1 aliphatic rings. The first-order chi connectivity index (χ1) is 16.2. The van der Waals surface area contributed by atoms with Crippen LogP contribution in [0.25, 0.3) is 16.5 Å². The van der Waals surface area contributed by atoms with Gasteiger partial charge in [0.25, 0.3) is 0 Å². The highest BCUT2D eigenvalue weighted by Crippen LogP contribution is 2.41. The zero-order chi connectivity index (χ0) is 24.6. The second-order valence-electron chi connectivity index (χ2n) is 7.93. The molecule has 180 valence electrons. The summed E-state index contributed by atoms with van der Waals surface area (Å²) in [7, 11) is 0. The number of amides is 1. The van der Waals surface area contributed by atoms with Crippen LogP contribution in [0.2, 0.25) is 10.0 Å². The van der Waals surface area contributed by atoms with E-state index in [4.69, 9.17) is 48.9 Å². The van der Waals surface area contributed by atoms with Crippen LogP contribution >= 0.6 is 23.2 Å². The van der Waals surface area contributed by atoms with Gasteiger partial charge in [-0.3, -0.25) is 4.79 Å². The fourth-order valence-electron chi connectivity index (χ4n) is 3.92. The van der Waals surface area contributed by atoms with E-state index in [0.29, 0.717) is 30.5 Å². The highest BCUT2D eigenvalue weighted by Gasteiger charge is 2.26. The van der Waals surface area contributed by atoms with E-state index in [1.165, 1.54) is 12.1 Å². The molecule has 2 atom stereocenters. The largest absolute Gasteiger partial charge is 0.478 e. The van der Waals surface area contributed by atoms with Gasteiger partial charge in [0.15, 0.2) is 11.4 Å². The lowest BCUT2D eigenvalue weighted by Crippen LogP contribution is -2.47. The summed E-state index contributed by atoms with van der Waals surface area (Å²) in [6.45, 7) is 2.07. The van der Waals surface area contributed by atoms with E-state index in [9.17, 15) is 9.18 Å². The summed E-state index contributed by atoms with van der Waals surface area (Å²) >= 11 is 12.3. The standard InChI is InChI=1S/C23H23Cl2FN4O4/c1-11(18-15(24)2-3-16(26)19(18)25)34-21-20-13(8-29-22(21)28)14(10-33-20)12-4-6-30(7-5-12)23(32)17(27)9-31/h2-4,8,10-11,17,31H,5-7,9,27H2,1H3,(H2,28,29)/t11-,17-/m1/s1. The number of aliphatic hydroxyl groups is 1. The minimum Gasteiger partial charge on any atom is -0.478 e. The number of rotatable bonds is 6. The molecule has 0 bridgehead atoms. The van der Waals surface area contributed by atoms with Gasteiger partial charge in [0, 0.05) is 35.4 Å². The third-order valence-corrected chi connectivity index (χ3v) is 6.48. The summed E-state index contributed by atoms with van der Waals surface area (Å²) in [4.78, 5) is 18.0. The molecule has 0 spiro atoms. The van der Waals surface area contributed by atoms with Gasteiger partial charge in [-0.15, -0.1) is 0 Å². The topological polar surface area (TPSA) is 128 Å². The third-order valence-electron chi connectivity index (χ3n) is 5.76. The molecule has 0 fully saturated rings.